The average molecular weight is 279 g/mol. The van der Waals surface area contributed by atoms with Crippen molar-refractivity contribution in [2.45, 2.75) is 65.3 Å². The minimum Gasteiger partial charge on any atom is -0.310 e. The van der Waals surface area contributed by atoms with Gasteiger partial charge in [0.15, 0.2) is 0 Å². The van der Waals surface area contributed by atoms with Crippen LogP contribution in [0.15, 0.2) is 11.4 Å². The number of aryl methyl sites for hydroxylation is 1. The van der Waals surface area contributed by atoms with Crippen LogP contribution in [-0.2, 0) is 0 Å². The predicted molar refractivity (Wildman–Crippen MR) is 85.8 cm³/mol. The molecular weight excluding hydrogens is 250 g/mol. The molecule has 0 saturated heterocycles. The van der Waals surface area contributed by atoms with Crippen LogP contribution in [0.5, 0.6) is 0 Å². The lowest BCUT2D eigenvalue weighted by atomic mass is 9.76. The Morgan fingerprint density at radius 3 is 2.53 bits per heavy atom. The van der Waals surface area contributed by atoms with Gasteiger partial charge in [0.1, 0.15) is 0 Å². The fourth-order valence-electron chi connectivity index (χ4n) is 3.62. The predicted octanol–water partition coefficient (Wildman–Crippen LogP) is 5.31. The van der Waals surface area contributed by atoms with E-state index in [1.54, 1.807) is 0 Å². The molecule has 1 aromatic heterocycles. The fourth-order valence-corrected chi connectivity index (χ4v) is 4.36. The van der Waals surface area contributed by atoms with E-state index in [0.717, 1.165) is 18.4 Å². The van der Waals surface area contributed by atoms with E-state index in [2.05, 4.69) is 37.5 Å². The lowest BCUT2D eigenvalue weighted by Crippen LogP contribution is -2.30. The van der Waals surface area contributed by atoms with Gasteiger partial charge >= 0.3 is 0 Å². The molecule has 1 aliphatic rings. The van der Waals surface area contributed by atoms with Crippen LogP contribution in [0, 0.1) is 18.8 Å². The van der Waals surface area contributed by atoms with Gasteiger partial charge in [-0.15, -0.1) is 11.3 Å². The van der Waals surface area contributed by atoms with Crippen LogP contribution in [0.25, 0.3) is 0 Å². The van der Waals surface area contributed by atoms with Gasteiger partial charge in [-0.1, -0.05) is 39.5 Å². The zero-order valence-corrected chi connectivity index (χ0v) is 13.6. The molecule has 1 unspecified atom stereocenters. The first kappa shape index (κ1) is 15.1. The molecule has 1 saturated carbocycles. The van der Waals surface area contributed by atoms with Crippen molar-refractivity contribution in [3.8, 4) is 0 Å². The third-order valence-corrected chi connectivity index (χ3v) is 5.47. The van der Waals surface area contributed by atoms with Gasteiger partial charge in [-0.05, 0) is 55.2 Å². The molecule has 1 fully saturated rings. The third-order valence-electron chi connectivity index (χ3n) is 4.59. The largest absolute Gasteiger partial charge is 0.310 e. The highest BCUT2D eigenvalue weighted by Gasteiger charge is 2.28. The Morgan fingerprint density at radius 2 is 2.00 bits per heavy atom. The standard InChI is InChI=1S/C17H29NS/c1-4-6-14-7-9-15(10-8-14)17(18-5-2)16-11-13(3)19-12-16/h11-12,14-15,17-18H,4-10H2,1-3H3. The molecule has 0 bridgehead atoms. The van der Waals surface area contributed by atoms with Gasteiger partial charge < -0.3 is 5.32 Å². The SMILES string of the molecule is CCCC1CCC(C(NCC)c2csc(C)c2)CC1. The summed E-state index contributed by atoms with van der Waals surface area (Å²) in [5.41, 5.74) is 1.53. The number of hydrogen-bond donors (Lipinski definition) is 1. The molecule has 1 aromatic rings. The Kier molecular flexibility index (Phi) is 5.90. The summed E-state index contributed by atoms with van der Waals surface area (Å²) in [6.45, 7) is 7.85. The van der Waals surface area contributed by atoms with Gasteiger partial charge in [-0.25, -0.2) is 0 Å². The summed E-state index contributed by atoms with van der Waals surface area (Å²) in [6.07, 6.45) is 8.52. The summed E-state index contributed by atoms with van der Waals surface area (Å²) in [6, 6.07) is 2.98. The smallest absolute Gasteiger partial charge is 0.0356 e. The molecule has 108 valence electrons. The third kappa shape index (κ3) is 4.06. The van der Waals surface area contributed by atoms with Crippen LogP contribution in [0.1, 0.15) is 68.9 Å². The maximum Gasteiger partial charge on any atom is 0.0356 e. The first-order chi connectivity index (χ1) is 9.24. The van der Waals surface area contributed by atoms with Crippen molar-refractivity contribution in [2.75, 3.05) is 6.54 Å². The molecule has 0 radical (unpaired) electrons. The topological polar surface area (TPSA) is 12.0 Å². The molecule has 2 rings (SSSR count). The molecule has 1 aliphatic carbocycles. The first-order valence-electron chi connectivity index (χ1n) is 8.03. The van der Waals surface area contributed by atoms with E-state index in [-0.39, 0.29) is 0 Å². The summed E-state index contributed by atoms with van der Waals surface area (Å²) in [7, 11) is 0. The molecule has 1 heterocycles. The van der Waals surface area contributed by atoms with Crippen LogP contribution in [0.3, 0.4) is 0 Å². The summed E-state index contributed by atoms with van der Waals surface area (Å²) in [5, 5.41) is 6.10. The first-order valence-corrected chi connectivity index (χ1v) is 8.91. The normalized spacial score (nSPS) is 25.4. The Bertz CT molecular complexity index is 363. The van der Waals surface area contributed by atoms with Crippen molar-refractivity contribution in [1.82, 2.24) is 5.32 Å². The number of thiophene rings is 1. The molecule has 0 aliphatic heterocycles. The highest BCUT2D eigenvalue weighted by molar-refractivity contribution is 7.10. The second-order valence-electron chi connectivity index (χ2n) is 6.10. The van der Waals surface area contributed by atoms with E-state index in [1.807, 2.05) is 11.3 Å². The maximum absolute atomic E-state index is 3.74. The molecule has 0 amide bonds. The fraction of sp³-hybridized carbons (Fsp3) is 0.765. The van der Waals surface area contributed by atoms with E-state index in [1.165, 1.54) is 49.0 Å². The van der Waals surface area contributed by atoms with Gasteiger partial charge in [0.2, 0.25) is 0 Å². The van der Waals surface area contributed by atoms with Crippen molar-refractivity contribution in [3.05, 3.63) is 21.9 Å². The second-order valence-corrected chi connectivity index (χ2v) is 7.21. The van der Waals surface area contributed by atoms with Gasteiger partial charge in [-0.3, -0.25) is 0 Å². The van der Waals surface area contributed by atoms with Crippen molar-refractivity contribution in [2.24, 2.45) is 11.8 Å². The van der Waals surface area contributed by atoms with E-state index >= 15 is 0 Å². The summed E-state index contributed by atoms with van der Waals surface area (Å²) in [5.74, 6) is 1.86. The molecular formula is C17H29NS. The molecule has 1 nitrogen and oxygen atoms in total. The highest BCUT2D eigenvalue weighted by atomic mass is 32.1. The Hall–Kier alpha value is -0.340. The average Bonchev–Trinajstić information content (AvgIpc) is 2.84. The number of rotatable bonds is 6. The van der Waals surface area contributed by atoms with Crippen molar-refractivity contribution in [1.29, 1.82) is 0 Å². The lowest BCUT2D eigenvalue weighted by molar-refractivity contribution is 0.216. The Labute approximate surface area is 122 Å². The van der Waals surface area contributed by atoms with Crippen molar-refractivity contribution < 1.29 is 0 Å². The summed E-state index contributed by atoms with van der Waals surface area (Å²) in [4.78, 5) is 1.44. The van der Waals surface area contributed by atoms with E-state index < -0.39 is 0 Å². The van der Waals surface area contributed by atoms with Gasteiger partial charge in [0, 0.05) is 10.9 Å². The van der Waals surface area contributed by atoms with Gasteiger partial charge in [-0.2, -0.15) is 0 Å². The maximum atomic E-state index is 3.74. The molecule has 0 spiro atoms. The minimum absolute atomic E-state index is 0.595. The second kappa shape index (κ2) is 7.44. The van der Waals surface area contributed by atoms with E-state index in [0.29, 0.717) is 6.04 Å². The van der Waals surface area contributed by atoms with E-state index in [9.17, 15) is 0 Å². The summed E-state index contributed by atoms with van der Waals surface area (Å²) >= 11 is 1.89. The monoisotopic (exact) mass is 279 g/mol. The van der Waals surface area contributed by atoms with Gasteiger partial charge in [0.25, 0.3) is 0 Å². The lowest BCUT2D eigenvalue weighted by Gasteiger charge is -2.34. The van der Waals surface area contributed by atoms with Crippen molar-refractivity contribution >= 4 is 11.3 Å². The number of hydrogen-bond acceptors (Lipinski definition) is 2. The zero-order valence-electron chi connectivity index (χ0n) is 12.7. The summed E-state index contributed by atoms with van der Waals surface area (Å²) < 4.78 is 0. The number of nitrogens with one attached hydrogen (secondary N) is 1. The minimum atomic E-state index is 0.595. The van der Waals surface area contributed by atoms with Gasteiger partial charge in [0.05, 0.1) is 0 Å². The quantitative estimate of drug-likeness (QED) is 0.743. The zero-order chi connectivity index (χ0) is 13.7. The van der Waals surface area contributed by atoms with Crippen LogP contribution in [0.2, 0.25) is 0 Å². The van der Waals surface area contributed by atoms with Crippen LogP contribution in [0.4, 0.5) is 0 Å². The van der Waals surface area contributed by atoms with Crippen LogP contribution >= 0.6 is 11.3 Å². The van der Waals surface area contributed by atoms with E-state index in [4.69, 9.17) is 0 Å². The van der Waals surface area contributed by atoms with Crippen LogP contribution < -0.4 is 5.32 Å². The molecule has 1 N–H and O–H groups in total. The molecule has 19 heavy (non-hydrogen) atoms. The highest BCUT2D eigenvalue weighted by Crippen LogP contribution is 2.39. The van der Waals surface area contributed by atoms with Crippen LogP contribution in [-0.4, -0.2) is 6.54 Å². The Balaban J connectivity index is 1.97. The molecule has 0 aromatic carbocycles. The molecule has 1 atom stereocenters. The molecule has 2 heteroatoms. The van der Waals surface area contributed by atoms with Crippen molar-refractivity contribution in [3.63, 3.8) is 0 Å². The Morgan fingerprint density at radius 1 is 1.26 bits per heavy atom.